The zero-order valence-electron chi connectivity index (χ0n) is 21.0. The number of esters is 1. The normalized spacial score (nSPS) is 10.7. The number of amides is 2. The van der Waals surface area contributed by atoms with Gasteiger partial charge in [-0.2, -0.15) is 0 Å². The summed E-state index contributed by atoms with van der Waals surface area (Å²) in [6.45, 7) is 10.9. The van der Waals surface area contributed by atoms with Crippen molar-refractivity contribution in [3.05, 3.63) is 28.8 Å². The third-order valence-corrected chi connectivity index (χ3v) is 5.68. The van der Waals surface area contributed by atoms with Gasteiger partial charge in [-0.15, -0.1) is 23.7 Å². The van der Waals surface area contributed by atoms with E-state index in [1.54, 1.807) is 5.38 Å². The minimum Gasteiger partial charge on any atom is -0.493 e. The largest absolute Gasteiger partial charge is 0.493 e. The number of methoxy groups -OCH3 is 2. The maximum absolute atomic E-state index is 12.9. The molecule has 0 saturated carbocycles. The van der Waals surface area contributed by atoms with Crippen LogP contribution in [0.2, 0.25) is 0 Å². The molecule has 2 aromatic rings. The number of carbonyl (C=O) groups excluding carboxylic acids is 3. The second-order valence-corrected chi connectivity index (χ2v) is 8.83. The summed E-state index contributed by atoms with van der Waals surface area (Å²) >= 11 is 1.11. The van der Waals surface area contributed by atoms with Crippen LogP contribution in [0, 0.1) is 0 Å². The lowest BCUT2D eigenvalue weighted by molar-refractivity contribution is -0.131. The van der Waals surface area contributed by atoms with Gasteiger partial charge in [0.15, 0.2) is 16.6 Å². The number of benzene rings is 1. The first-order valence-corrected chi connectivity index (χ1v) is 11.7. The van der Waals surface area contributed by atoms with Crippen molar-refractivity contribution in [1.29, 1.82) is 0 Å². The number of carbonyl (C=O) groups is 3. The quantitative estimate of drug-likeness (QED) is 0.335. The lowest BCUT2D eigenvalue weighted by atomic mass is 10.1. The van der Waals surface area contributed by atoms with E-state index in [1.165, 1.54) is 33.3 Å². The van der Waals surface area contributed by atoms with Gasteiger partial charge in [-0.3, -0.25) is 24.6 Å². The first-order valence-electron chi connectivity index (χ1n) is 10.8. The van der Waals surface area contributed by atoms with Gasteiger partial charge in [0, 0.05) is 49.6 Å². The first-order chi connectivity index (χ1) is 16.1. The SMILES string of the molecule is COc1cc(OC(C)=O)c(C(=O)Nc2nc(C(=O)NCCN(C(C)C)C(C)C)cs2)cc1OC.Cl. The number of nitrogens with zero attached hydrogens (tertiary/aromatic N) is 2. The topological polar surface area (TPSA) is 119 Å². The number of rotatable bonds is 11. The molecule has 0 aliphatic rings. The van der Waals surface area contributed by atoms with E-state index >= 15 is 0 Å². The van der Waals surface area contributed by atoms with Crippen LogP contribution < -0.4 is 24.8 Å². The highest BCUT2D eigenvalue weighted by molar-refractivity contribution is 7.14. The van der Waals surface area contributed by atoms with Gasteiger partial charge >= 0.3 is 5.97 Å². The average Bonchev–Trinajstić information content (AvgIpc) is 3.23. The fourth-order valence-corrected chi connectivity index (χ4v) is 4.06. The number of thiazole rings is 1. The molecule has 0 spiro atoms. The number of ether oxygens (including phenoxy) is 3. The standard InChI is InChI=1S/C23H32N4O6S.ClH/c1-13(2)27(14(3)4)9-8-24-22(30)17-12-34-23(25-17)26-21(29)16-10-19(31-6)20(32-7)11-18(16)33-15(5)28;/h10-14H,8-9H2,1-7H3,(H,24,30)(H,25,26,29);1H. The Morgan fingerprint density at radius 1 is 1.00 bits per heavy atom. The number of hydrogen-bond acceptors (Lipinski definition) is 9. The molecule has 0 fully saturated rings. The number of nitrogens with one attached hydrogen (secondary N) is 2. The minimum absolute atomic E-state index is 0. The molecule has 0 aliphatic carbocycles. The van der Waals surface area contributed by atoms with Crippen LogP contribution in [-0.2, 0) is 4.79 Å². The molecular formula is C23H33ClN4O6S. The van der Waals surface area contributed by atoms with Crippen molar-refractivity contribution in [2.24, 2.45) is 0 Å². The van der Waals surface area contributed by atoms with Crippen LogP contribution in [0.4, 0.5) is 5.13 Å². The Labute approximate surface area is 215 Å². The maximum Gasteiger partial charge on any atom is 0.308 e. The Hall–Kier alpha value is -2.89. The molecule has 1 heterocycles. The second kappa shape index (κ2) is 13.9. The predicted octanol–water partition coefficient (Wildman–Crippen LogP) is 3.61. The summed E-state index contributed by atoms with van der Waals surface area (Å²) in [5, 5.41) is 7.28. The highest BCUT2D eigenvalue weighted by Crippen LogP contribution is 2.35. The van der Waals surface area contributed by atoms with Crippen molar-refractivity contribution in [2.75, 3.05) is 32.6 Å². The summed E-state index contributed by atoms with van der Waals surface area (Å²) in [6, 6.07) is 3.54. The fourth-order valence-electron chi connectivity index (χ4n) is 3.38. The number of hydrogen-bond donors (Lipinski definition) is 2. The van der Waals surface area contributed by atoms with Crippen LogP contribution in [0.3, 0.4) is 0 Å². The molecule has 0 saturated heterocycles. The Morgan fingerprint density at radius 3 is 2.14 bits per heavy atom. The molecule has 0 bridgehead atoms. The number of halogens is 1. The van der Waals surface area contributed by atoms with Crippen molar-refractivity contribution in [2.45, 2.75) is 46.7 Å². The maximum atomic E-state index is 12.9. The smallest absolute Gasteiger partial charge is 0.308 e. The summed E-state index contributed by atoms with van der Waals surface area (Å²) in [5.41, 5.74) is 0.255. The lowest BCUT2D eigenvalue weighted by Gasteiger charge is -2.30. The third-order valence-electron chi connectivity index (χ3n) is 4.92. The first kappa shape index (κ1) is 30.1. The molecule has 0 aliphatic heterocycles. The molecule has 0 atom stereocenters. The van der Waals surface area contributed by atoms with Crippen LogP contribution in [0.15, 0.2) is 17.5 Å². The van der Waals surface area contributed by atoms with Gasteiger partial charge in [-0.05, 0) is 27.7 Å². The van der Waals surface area contributed by atoms with Gasteiger partial charge in [0.25, 0.3) is 11.8 Å². The molecule has 194 valence electrons. The van der Waals surface area contributed by atoms with Crippen molar-refractivity contribution in [1.82, 2.24) is 15.2 Å². The number of anilines is 1. The summed E-state index contributed by atoms with van der Waals surface area (Å²) in [4.78, 5) is 43.4. The van der Waals surface area contributed by atoms with Gasteiger partial charge in [0.1, 0.15) is 11.4 Å². The molecule has 1 aromatic carbocycles. The van der Waals surface area contributed by atoms with Crippen molar-refractivity contribution >= 4 is 46.7 Å². The molecule has 0 radical (unpaired) electrons. The van der Waals surface area contributed by atoms with E-state index in [4.69, 9.17) is 14.2 Å². The zero-order chi connectivity index (χ0) is 25.4. The van der Waals surface area contributed by atoms with Crippen molar-refractivity contribution in [3.63, 3.8) is 0 Å². The van der Waals surface area contributed by atoms with E-state index in [0.717, 1.165) is 11.3 Å². The van der Waals surface area contributed by atoms with Crippen molar-refractivity contribution in [3.8, 4) is 17.2 Å². The van der Waals surface area contributed by atoms with E-state index in [1.807, 2.05) is 0 Å². The van der Waals surface area contributed by atoms with E-state index in [9.17, 15) is 14.4 Å². The Morgan fingerprint density at radius 2 is 1.60 bits per heavy atom. The van der Waals surface area contributed by atoms with Crippen LogP contribution in [0.1, 0.15) is 55.5 Å². The predicted molar refractivity (Wildman–Crippen MR) is 137 cm³/mol. The summed E-state index contributed by atoms with van der Waals surface area (Å²) in [5.74, 6) is -0.893. The fraction of sp³-hybridized carbons (Fsp3) is 0.478. The van der Waals surface area contributed by atoms with Gasteiger partial charge in [-0.1, -0.05) is 0 Å². The van der Waals surface area contributed by atoms with Gasteiger partial charge < -0.3 is 19.5 Å². The second-order valence-electron chi connectivity index (χ2n) is 7.97. The van der Waals surface area contributed by atoms with E-state index in [-0.39, 0.29) is 40.5 Å². The monoisotopic (exact) mass is 528 g/mol. The van der Waals surface area contributed by atoms with E-state index < -0.39 is 11.9 Å². The Kier molecular flexibility index (Phi) is 11.9. The van der Waals surface area contributed by atoms with Crippen LogP contribution in [0.5, 0.6) is 17.2 Å². The molecule has 2 amide bonds. The molecular weight excluding hydrogens is 496 g/mol. The summed E-state index contributed by atoms with van der Waals surface area (Å²) in [6.07, 6.45) is 0. The molecule has 2 N–H and O–H groups in total. The van der Waals surface area contributed by atoms with E-state index in [0.29, 0.717) is 36.7 Å². The van der Waals surface area contributed by atoms with Crippen LogP contribution >= 0.6 is 23.7 Å². The van der Waals surface area contributed by atoms with Gasteiger partial charge in [0.05, 0.1) is 19.8 Å². The molecule has 10 nitrogen and oxygen atoms in total. The third kappa shape index (κ3) is 8.37. The summed E-state index contributed by atoms with van der Waals surface area (Å²) in [7, 11) is 2.86. The van der Waals surface area contributed by atoms with Crippen LogP contribution in [-0.4, -0.2) is 67.1 Å². The highest BCUT2D eigenvalue weighted by atomic mass is 35.5. The minimum atomic E-state index is -0.594. The molecule has 35 heavy (non-hydrogen) atoms. The zero-order valence-corrected chi connectivity index (χ0v) is 22.6. The van der Waals surface area contributed by atoms with Gasteiger partial charge in [0.2, 0.25) is 0 Å². The molecule has 12 heteroatoms. The highest BCUT2D eigenvalue weighted by Gasteiger charge is 2.21. The number of aromatic nitrogens is 1. The van der Waals surface area contributed by atoms with E-state index in [2.05, 4.69) is 48.2 Å². The Balaban J connectivity index is 0.00000612. The molecule has 2 rings (SSSR count). The summed E-state index contributed by atoms with van der Waals surface area (Å²) < 4.78 is 15.6. The average molecular weight is 529 g/mol. The Bertz CT molecular complexity index is 1020. The molecule has 0 unspecified atom stereocenters. The van der Waals surface area contributed by atoms with Gasteiger partial charge in [-0.25, -0.2) is 4.98 Å². The molecule has 1 aromatic heterocycles. The van der Waals surface area contributed by atoms with Crippen LogP contribution in [0.25, 0.3) is 0 Å². The lowest BCUT2D eigenvalue weighted by Crippen LogP contribution is -2.42. The van der Waals surface area contributed by atoms with Crippen molar-refractivity contribution < 1.29 is 28.6 Å².